The van der Waals surface area contributed by atoms with Crippen LogP contribution in [0.2, 0.25) is 0 Å². The lowest BCUT2D eigenvalue weighted by atomic mass is 10.1. The molecule has 0 unspecified atom stereocenters. The van der Waals surface area contributed by atoms with Gasteiger partial charge in [-0.05, 0) is 43.3 Å². The molecule has 0 radical (unpaired) electrons. The summed E-state index contributed by atoms with van der Waals surface area (Å²) in [6, 6.07) is 12.3. The highest BCUT2D eigenvalue weighted by Crippen LogP contribution is 2.18. The van der Waals surface area contributed by atoms with E-state index in [1.54, 1.807) is 30.3 Å². The Morgan fingerprint density at radius 1 is 1.04 bits per heavy atom. The lowest BCUT2D eigenvalue weighted by Crippen LogP contribution is -2.13. The molecule has 0 saturated carbocycles. The fourth-order valence-electron chi connectivity index (χ4n) is 2.36. The van der Waals surface area contributed by atoms with Gasteiger partial charge in [0.15, 0.2) is 0 Å². The van der Waals surface area contributed by atoms with E-state index in [4.69, 9.17) is 0 Å². The molecule has 2 aromatic carbocycles. The number of aryl methyl sites for hydroxylation is 1. The molecule has 23 heavy (non-hydrogen) atoms. The molecule has 3 aromatic rings. The van der Waals surface area contributed by atoms with Crippen LogP contribution in [-0.2, 0) is 4.79 Å². The van der Waals surface area contributed by atoms with Crippen LogP contribution in [0.25, 0.3) is 11.0 Å². The van der Waals surface area contributed by atoms with E-state index in [9.17, 15) is 9.59 Å². The molecule has 0 saturated heterocycles. The Labute approximate surface area is 132 Å². The quantitative estimate of drug-likeness (QED) is 0.695. The lowest BCUT2D eigenvalue weighted by Gasteiger charge is -2.07. The fraction of sp³-hybridized carbons (Fsp3) is 0.118. The third-order valence-electron chi connectivity index (χ3n) is 3.30. The van der Waals surface area contributed by atoms with Crippen LogP contribution in [-0.4, -0.2) is 21.8 Å². The molecular weight excluding hydrogens is 292 g/mol. The van der Waals surface area contributed by atoms with Crippen molar-refractivity contribution in [3.63, 3.8) is 0 Å². The number of rotatable bonds is 3. The standard InChI is InChI=1S/C17H16N4O2/c1-10-18-15-7-6-14(9-16(15)19-10)21-17(23)12-4-3-5-13(8-12)20-11(2)22/h3-9H,1-2H3,(H,18,19)(H,20,22)(H,21,23). The first kappa shape index (κ1) is 14.8. The van der Waals surface area contributed by atoms with Gasteiger partial charge in [-0.3, -0.25) is 9.59 Å². The summed E-state index contributed by atoms with van der Waals surface area (Å²) in [5.41, 5.74) is 3.46. The number of aromatic nitrogens is 2. The normalized spacial score (nSPS) is 10.5. The highest BCUT2D eigenvalue weighted by atomic mass is 16.2. The van der Waals surface area contributed by atoms with Crippen LogP contribution in [0, 0.1) is 6.92 Å². The van der Waals surface area contributed by atoms with Crippen molar-refractivity contribution in [1.29, 1.82) is 0 Å². The number of imidazole rings is 1. The van der Waals surface area contributed by atoms with Gasteiger partial charge in [-0.15, -0.1) is 0 Å². The Morgan fingerprint density at radius 3 is 2.61 bits per heavy atom. The number of H-pyrrole nitrogens is 1. The van der Waals surface area contributed by atoms with E-state index in [-0.39, 0.29) is 11.8 Å². The molecule has 3 N–H and O–H groups in total. The molecule has 6 heteroatoms. The number of benzene rings is 2. The number of nitrogens with zero attached hydrogens (tertiary/aromatic N) is 1. The molecule has 6 nitrogen and oxygen atoms in total. The van der Waals surface area contributed by atoms with Gasteiger partial charge >= 0.3 is 0 Å². The minimum Gasteiger partial charge on any atom is -0.342 e. The molecular formula is C17H16N4O2. The molecule has 1 heterocycles. The molecule has 2 amide bonds. The SMILES string of the molecule is CC(=O)Nc1cccc(C(=O)Nc2ccc3nc(C)[nH]c3c2)c1. The Hall–Kier alpha value is -3.15. The van der Waals surface area contributed by atoms with E-state index in [1.165, 1.54) is 6.92 Å². The summed E-state index contributed by atoms with van der Waals surface area (Å²) in [5.74, 6) is 0.405. The zero-order chi connectivity index (χ0) is 16.4. The number of amides is 2. The minimum atomic E-state index is -0.243. The number of carbonyl (C=O) groups is 2. The molecule has 116 valence electrons. The topological polar surface area (TPSA) is 86.9 Å². The molecule has 0 aliphatic rings. The van der Waals surface area contributed by atoms with Crippen molar-refractivity contribution in [2.24, 2.45) is 0 Å². The number of hydrogen-bond acceptors (Lipinski definition) is 3. The number of aromatic amines is 1. The summed E-state index contributed by atoms with van der Waals surface area (Å²) < 4.78 is 0. The van der Waals surface area contributed by atoms with E-state index < -0.39 is 0 Å². The second-order valence-corrected chi connectivity index (χ2v) is 5.27. The molecule has 3 rings (SSSR count). The van der Waals surface area contributed by atoms with Crippen molar-refractivity contribution >= 4 is 34.2 Å². The number of carbonyl (C=O) groups excluding carboxylic acids is 2. The summed E-state index contributed by atoms with van der Waals surface area (Å²) in [7, 11) is 0. The third kappa shape index (κ3) is 3.37. The van der Waals surface area contributed by atoms with Gasteiger partial charge in [0.25, 0.3) is 5.91 Å². The van der Waals surface area contributed by atoms with Crippen LogP contribution in [0.4, 0.5) is 11.4 Å². The van der Waals surface area contributed by atoms with Gasteiger partial charge in [-0.25, -0.2) is 4.98 Å². The van der Waals surface area contributed by atoms with Crippen LogP contribution in [0.15, 0.2) is 42.5 Å². The zero-order valence-electron chi connectivity index (χ0n) is 12.8. The summed E-state index contributed by atoms with van der Waals surface area (Å²) in [6.07, 6.45) is 0. The summed E-state index contributed by atoms with van der Waals surface area (Å²) >= 11 is 0. The number of anilines is 2. The average Bonchev–Trinajstić information content (AvgIpc) is 2.86. The molecule has 0 aliphatic heterocycles. The Kier molecular flexibility index (Phi) is 3.80. The van der Waals surface area contributed by atoms with E-state index >= 15 is 0 Å². The molecule has 0 atom stereocenters. The lowest BCUT2D eigenvalue weighted by molar-refractivity contribution is -0.114. The van der Waals surface area contributed by atoms with Gasteiger partial charge in [0.1, 0.15) is 5.82 Å². The maximum absolute atomic E-state index is 12.3. The minimum absolute atomic E-state index is 0.178. The highest BCUT2D eigenvalue weighted by Gasteiger charge is 2.08. The van der Waals surface area contributed by atoms with Crippen LogP contribution >= 0.6 is 0 Å². The first-order valence-electron chi connectivity index (χ1n) is 7.16. The van der Waals surface area contributed by atoms with Crippen molar-refractivity contribution < 1.29 is 9.59 Å². The summed E-state index contributed by atoms with van der Waals surface area (Å²) in [5, 5.41) is 5.50. The summed E-state index contributed by atoms with van der Waals surface area (Å²) in [4.78, 5) is 30.9. The number of nitrogens with one attached hydrogen (secondary N) is 3. The van der Waals surface area contributed by atoms with E-state index in [1.807, 2.05) is 19.1 Å². The largest absolute Gasteiger partial charge is 0.342 e. The second kappa shape index (κ2) is 5.92. The van der Waals surface area contributed by atoms with Gasteiger partial charge in [0.05, 0.1) is 11.0 Å². The highest BCUT2D eigenvalue weighted by molar-refractivity contribution is 6.05. The van der Waals surface area contributed by atoms with Crippen molar-refractivity contribution in [3.8, 4) is 0 Å². The first-order valence-corrected chi connectivity index (χ1v) is 7.16. The monoisotopic (exact) mass is 308 g/mol. The molecule has 0 aliphatic carbocycles. The fourth-order valence-corrected chi connectivity index (χ4v) is 2.36. The van der Waals surface area contributed by atoms with Crippen LogP contribution in [0.1, 0.15) is 23.1 Å². The maximum Gasteiger partial charge on any atom is 0.255 e. The Balaban J connectivity index is 1.81. The van der Waals surface area contributed by atoms with Gasteiger partial charge in [-0.1, -0.05) is 6.07 Å². The van der Waals surface area contributed by atoms with Crippen molar-refractivity contribution in [1.82, 2.24) is 9.97 Å². The third-order valence-corrected chi connectivity index (χ3v) is 3.30. The van der Waals surface area contributed by atoms with Crippen LogP contribution in [0.5, 0.6) is 0 Å². The average molecular weight is 308 g/mol. The molecule has 0 spiro atoms. The smallest absolute Gasteiger partial charge is 0.255 e. The molecule has 0 bridgehead atoms. The Morgan fingerprint density at radius 2 is 1.83 bits per heavy atom. The number of hydrogen-bond donors (Lipinski definition) is 3. The van der Waals surface area contributed by atoms with Gasteiger partial charge < -0.3 is 15.6 Å². The van der Waals surface area contributed by atoms with Gasteiger partial charge in [-0.2, -0.15) is 0 Å². The first-order chi connectivity index (χ1) is 11.0. The second-order valence-electron chi connectivity index (χ2n) is 5.27. The molecule has 1 aromatic heterocycles. The van der Waals surface area contributed by atoms with Gasteiger partial charge in [0.2, 0.25) is 5.91 Å². The maximum atomic E-state index is 12.3. The number of fused-ring (bicyclic) bond motifs is 1. The summed E-state index contributed by atoms with van der Waals surface area (Å²) in [6.45, 7) is 3.31. The van der Waals surface area contributed by atoms with Gasteiger partial charge in [0, 0.05) is 23.9 Å². The van der Waals surface area contributed by atoms with Crippen LogP contribution < -0.4 is 10.6 Å². The predicted octanol–water partition coefficient (Wildman–Crippen LogP) is 3.08. The van der Waals surface area contributed by atoms with Crippen molar-refractivity contribution in [3.05, 3.63) is 53.9 Å². The van der Waals surface area contributed by atoms with E-state index in [0.29, 0.717) is 16.9 Å². The predicted molar refractivity (Wildman–Crippen MR) is 89.5 cm³/mol. The van der Waals surface area contributed by atoms with Crippen molar-refractivity contribution in [2.75, 3.05) is 10.6 Å². The molecule has 0 fully saturated rings. The van der Waals surface area contributed by atoms with E-state index in [0.717, 1.165) is 16.9 Å². The van der Waals surface area contributed by atoms with Crippen molar-refractivity contribution in [2.45, 2.75) is 13.8 Å². The zero-order valence-corrected chi connectivity index (χ0v) is 12.8. The van der Waals surface area contributed by atoms with Crippen LogP contribution in [0.3, 0.4) is 0 Å². The Bertz CT molecular complexity index is 898. The van der Waals surface area contributed by atoms with E-state index in [2.05, 4.69) is 20.6 Å².